The van der Waals surface area contributed by atoms with Crippen molar-refractivity contribution in [2.75, 3.05) is 16.4 Å². The Labute approximate surface area is 114 Å². The van der Waals surface area contributed by atoms with Crippen LogP contribution in [0.1, 0.15) is 24.8 Å². The van der Waals surface area contributed by atoms with Gasteiger partial charge in [0.15, 0.2) is 9.84 Å². The zero-order chi connectivity index (χ0) is 13.8. The van der Waals surface area contributed by atoms with Crippen LogP contribution in [-0.2, 0) is 9.84 Å². The molecular formula is C10H14N4O3S2. The lowest BCUT2D eigenvalue weighted by atomic mass is 10.2. The smallest absolute Gasteiger partial charge is 0.324 e. The van der Waals surface area contributed by atoms with Crippen molar-refractivity contribution in [3.63, 3.8) is 0 Å². The number of hydrogen-bond acceptors (Lipinski definition) is 6. The van der Waals surface area contributed by atoms with E-state index >= 15 is 0 Å². The molecule has 19 heavy (non-hydrogen) atoms. The van der Waals surface area contributed by atoms with Gasteiger partial charge < -0.3 is 5.32 Å². The Morgan fingerprint density at radius 1 is 1.37 bits per heavy atom. The van der Waals surface area contributed by atoms with Crippen LogP contribution in [0.15, 0.2) is 0 Å². The van der Waals surface area contributed by atoms with Gasteiger partial charge in [-0.3, -0.25) is 4.90 Å². The molecule has 2 amide bonds. The van der Waals surface area contributed by atoms with Gasteiger partial charge in [-0.05, 0) is 0 Å². The highest BCUT2D eigenvalue weighted by atomic mass is 32.2. The molecule has 1 aromatic rings. The summed E-state index contributed by atoms with van der Waals surface area (Å²) in [5.41, 5.74) is 0. The molecule has 104 valence electrons. The van der Waals surface area contributed by atoms with Gasteiger partial charge in [-0.15, -0.1) is 10.2 Å². The topological polar surface area (TPSA) is 92.3 Å². The first-order chi connectivity index (χ1) is 8.87. The Balaban J connectivity index is 1.92. The number of fused-ring (bicyclic) bond motifs is 1. The fourth-order valence-corrected chi connectivity index (χ4v) is 5.18. The first kappa shape index (κ1) is 12.8. The van der Waals surface area contributed by atoms with Crippen molar-refractivity contribution in [1.82, 2.24) is 15.5 Å². The molecule has 1 aromatic heterocycles. The molecule has 3 rings (SSSR count). The van der Waals surface area contributed by atoms with Crippen LogP contribution in [0.5, 0.6) is 0 Å². The fourth-order valence-electron chi connectivity index (χ4n) is 2.39. The van der Waals surface area contributed by atoms with Crippen molar-refractivity contribution in [3.05, 3.63) is 5.01 Å². The van der Waals surface area contributed by atoms with Crippen molar-refractivity contribution >= 4 is 32.3 Å². The van der Waals surface area contributed by atoms with Gasteiger partial charge in [-0.2, -0.15) is 0 Å². The number of sulfone groups is 1. The molecule has 2 aliphatic heterocycles. The summed E-state index contributed by atoms with van der Waals surface area (Å²) in [5.74, 6) is 0.239. The minimum atomic E-state index is -3.08. The van der Waals surface area contributed by atoms with Crippen molar-refractivity contribution < 1.29 is 13.2 Å². The fraction of sp³-hybridized carbons (Fsp3) is 0.700. The van der Waals surface area contributed by atoms with Crippen LogP contribution in [0.3, 0.4) is 0 Å². The predicted molar refractivity (Wildman–Crippen MR) is 71.2 cm³/mol. The summed E-state index contributed by atoms with van der Waals surface area (Å²) >= 11 is 1.34. The molecule has 2 saturated heterocycles. The van der Waals surface area contributed by atoms with Crippen molar-refractivity contribution in [3.8, 4) is 0 Å². The summed E-state index contributed by atoms with van der Waals surface area (Å²) < 4.78 is 23.3. The molecule has 7 nitrogen and oxygen atoms in total. The number of carbonyl (C=O) groups is 1. The van der Waals surface area contributed by atoms with E-state index in [4.69, 9.17) is 0 Å². The van der Waals surface area contributed by atoms with Gasteiger partial charge in [0.1, 0.15) is 5.01 Å². The molecule has 3 heterocycles. The average molecular weight is 302 g/mol. The van der Waals surface area contributed by atoms with Gasteiger partial charge in [0.2, 0.25) is 5.13 Å². The molecule has 2 aliphatic rings. The molecule has 0 saturated carbocycles. The maximum atomic E-state index is 11.9. The van der Waals surface area contributed by atoms with Crippen LogP contribution in [0.2, 0.25) is 0 Å². The van der Waals surface area contributed by atoms with E-state index in [1.165, 1.54) is 16.2 Å². The number of anilines is 1. The third-order valence-electron chi connectivity index (χ3n) is 3.31. The minimum Gasteiger partial charge on any atom is -0.332 e. The molecule has 9 heteroatoms. The third-order valence-corrected chi connectivity index (χ3v) is 6.25. The lowest BCUT2D eigenvalue weighted by Gasteiger charge is -2.16. The predicted octanol–water partition coefficient (Wildman–Crippen LogP) is 0.357. The Morgan fingerprint density at radius 3 is 2.74 bits per heavy atom. The molecule has 0 unspecified atom stereocenters. The van der Waals surface area contributed by atoms with E-state index in [1.807, 2.05) is 13.8 Å². The van der Waals surface area contributed by atoms with Crippen LogP contribution in [0.4, 0.5) is 9.93 Å². The molecule has 0 spiro atoms. The number of nitrogens with one attached hydrogen (secondary N) is 1. The first-order valence-electron chi connectivity index (χ1n) is 6.01. The highest BCUT2D eigenvalue weighted by Gasteiger charge is 2.50. The van der Waals surface area contributed by atoms with Gasteiger partial charge in [0, 0.05) is 5.92 Å². The normalized spacial score (nSPS) is 28.8. The first-order valence-corrected chi connectivity index (χ1v) is 8.65. The number of urea groups is 1. The Hall–Kier alpha value is -1.22. The van der Waals surface area contributed by atoms with Gasteiger partial charge in [-0.25, -0.2) is 13.2 Å². The quantitative estimate of drug-likeness (QED) is 0.796. The van der Waals surface area contributed by atoms with Crippen molar-refractivity contribution in [1.29, 1.82) is 0 Å². The monoisotopic (exact) mass is 302 g/mol. The van der Waals surface area contributed by atoms with Crippen LogP contribution in [-0.4, -0.2) is 48.2 Å². The number of carbonyl (C=O) groups excluding carboxylic acids is 1. The van der Waals surface area contributed by atoms with Crippen LogP contribution < -0.4 is 10.2 Å². The summed E-state index contributed by atoms with van der Waals surface area (Å²) in [4.78, 5) is 13.4. The van der Waals surface area contributed by atoms with E-state index in [1.54, 1.807) is 0 Å². The van der Waals surface area contributed by atoms with Gasteiger partial charge in [-0.1, -0.05) is 25.2 Å². The van der Waals surface area contributed by atoms with E-state index in [9.17, 15) is 13.2 Å². The van der Waals surface area contributed by atoms with Crippen molar-refractivity contribution in [2.24, 2.45) is 0 Å². The van der Waals surface area contributed by atoms with E-state index < -0.39 is 9.84 Å². The highest BCUT2D eigenvalue weighted by Crippen LogP contribution is 2.33. The molecule has 0 radical (unpaired) electrons. The molecule has 0 bridgehead atoms. The maximum Gasteiger partial charge on any atom is 0.324 e. The number of amides is 2. The number of hydrogen-bond donors (Lipinski definition) is 1. The lowest BCUT2D eigenvalue weighted by Crippen LogP contribution is -2.36. The SMILES string of the molecule is CC(C)c1nnc(N2C(=O)N[C@H]3CS(=O)(=O)C[C@@H]32)s1. The highest BCUT2D eigenvalue weighted by molar-refractivity contribution is 7.91. The van der Waals surface area contributed by atoms with E-state index in [-0.39, 0.29) is 35.5 Å². The minimum absolute atomic E-state index is 0.00695. The molecule has 1 N–H and O–H groups in total. The lowest BCUT2D eigenvalue weighted by molar-refractivity contribution is 0.251. The molecular weight excluding hydrogens is 288 g/mol. The summed E-state index contributed by atoms with van der Waals surface area (Å²) in [6.07, 6.45) is 0. The number of rotatable bonds is 2. The molecule has 0 aromatic carbocycles. The standard InChI is InChI=1S/C10H14N4O3S2/c1-5(2)8-12-13-10(18-8)14-7-4-19(16,17)3-6(7)11-9(14)15/h5-7H,3-4H2,1-2H3,(H,11,15)/t6-,7-/m0/s1. The second-order valence-corrected chi connectivity index (χ2v) is 8.29. The second kappa shape index (κ2) is 4.14. The molecule has 2 atom stereocenters. The molecule has 0 aliphatic carbocycles. The summed E-state index contributed by atoms with van der Waals surface area (Å²) in [6.45, 7) is 3.99. The van der Waals surface area contributed by atoms with Gasteiger partial charge >= 0.3 is 6.03 Å². The Kier molecular flexibility index (Phi) is 2.79. The van der Waals surface area contributed by atoms with E-state index in [0.717, 1.165) is 5.01 Å². The third kappa shape index (κ3) is 2.10. The Bertz CT molecular complexity index is 624. The van der Waals surface area contributed by atoms with Gasteiger partial charge in [0.25, 0.3) is 0 Å². The van der Waals surface area contributed by atoms with Crippen LogP contribution in [0, 0.1) is 0 Å². The van der Waals surface area contributed by atoms with Crippen molar-refractivity contribution in [2.45, 2.75) is 31.8 Å². The van der Waals surface area contributed by atoms with E-state index in [2.05, 4.69) is 15.5 Å². The summed E-state index contributed by atoms with van der Waals surface area (Å²) in [7, 11) is -3.08. The van der Waals surface area contributed by atoms with Gasteiger partial charge in [0.05, 0.1) is 23.6 Å². The Morgan fingerprint density at radius 2 is 2.11 bits per heavy atom. The zero-order valence-electron chi connectivity index (χ0n) is 10.5. The van der Waals surface area contributed by atoms with E-state index in [0.29, 0.717) is 5.13 Å². The number of aromatic nitrogens is 2. The number of nitrogens with zero attached hydrogens (tertiary/aromatic N) is 3. The zero-order valence-corrected chi connectivity index (χ0v) is 12.2. The second-order valence-electron chi connectivity index (χ2n) is 5.15. The van der Waals surface area contributed by atoms with Crippen LogP contribution >= 0.6 is 11.3 Å². The maximum absolute atomic E-state index is 11.9. The summed E-state index contributed by atoms with van der Waals surface area (Å²) in [6, 6.07) is -0.967. The average Bonchev–Trinajstić information content (AvgIpc) is 2.90. The molecule has 2 fully saturated rings. The largest absolute Gasteiger partial charge is 0.332 e. The van der Waals surface area contributed by atoms with Crippen LogP contribution in [0.25, 0.3) is 0 Å². The summed E-state index contributed by atoms with van der Waals surface area (Å²) in [5, 5.41) is 12.1.